The highest BCUT2D eigenvalue weighted by Crippen LogP contribution is 2.54. The summed E-state index contributed by atoms with van der Waals surface area (Å²) in [7, 11) is -0.303. The second kappa shape index (κ2) is 9.50. The van der Waals surface area contributed by atoms with E-state index in [1.54, 1.807) is 5.31 Å². The van der Waals surface area contributed by atoms with Crippen LogP contribution in [0.25, 0.3) is 6.08 Å². The van der Waals surface area contributed by atoms with E-state index in [1.807, 2.05) is 0 Å². The zero-order valence-corrected chi connectivity index (χ0v) is 15.4. The summed E-state index contributed by atoms with van der Waals surface area (Å²) in [5, 5.41) is 1.65. The molecule has 0 saturated heterocycles. The number of hydrogen-bond acceptors (Lipinski definition) is 2. The molecule has 4 heteroatoms. The fourth-order valence-electron chi connectivity index (χ4n) is 3.10. The van der Waals surface area contributed by atoms with Gasteiger partial charge in [0.25, 0.3) is 0 Å². The largest absolute Gasteiger partial charge is 0.267 e. The van der Waals surface area contributed by atoms with Crippen molar-refractivity contribution in [2.24, 2.45) is 0 Å². The molecule has 1 aliphatic carbocycles. The van der Waals surface area contributed by atoms with Crippen LogP contribution < -0.4 is 0 Å². The topological polar surface area (TPSA) is 6.48 Å². The zero-order valence-electron chi connectivity index (χ0n) is 14.5. The molecule has 0 aliphatic heterocycles. The van der Waals surface area contributed by atoms with E-state index in [9.17, 15) is 0 Å². The van der Waals surface area contributed by atoms with Crippen LogP contribution in [0.2, 0.25) is 0 Å². The Morgan fingerprint density at radius 1 is 0.864 bits per heavy atom. The lowest BCUT2D eigenvalue weighted by molar-refractivity contribution is 0.426. The molecule has 0 aromatic heterocycles. The first-order valence-corrected chi connectivity index (χ1v) is 9.58. The molecule has 1 aliphatic rings. The Bertz CT molecular complexity index is 470. The third-order valence-corrected chi connectivity index (χ3v) is 7.35. The second-order valence-corrected chi connectivity index (χ2v) is 7.69. The first-order valence-electron chi connectivity index (χ1n) is 8.33. The Morgan fingerprint density at radius 3 is 1.95 bits per heavy atom. The Morgan fingerprint density at radius 2 is 1.41 bits per heavy atom. The standard InChI is InChI=1S/C18H29N2P.B/c1-5-19(6-2)21(20(7-3)8-4)18-14-13-16-11-9-10-12-17(16)15-18;/h9-12,15H,5-8,13-14H2,1-4H3;. The van der Waals surface area contributed by atoms with E-state index in [-0.39, 0.29) is 16.6 Å². The Labute approximate surface area is 140 Å². The molecular formula is C18H29BN2P. The van der Waals surface area contributed by atoms with E-state index >= 15 is 0 Å². The summed E-state index contributed by atoms with van der Waals surface area (Å²) < 4.78 is 5.31. The van der Waals surface area contributed by atoms with Crippen LogP contribution in [0, 0.1) is 0 Å². The maximum Gasteiger partial charge on any atom is 0.0681 e. The van der Waals surface area contributed by atoms with Crippen molar-refractivity contribution in [3.8, 4) is 0 Å². The minimum Gasteiger partial charge on any atom is -0.267 e. The number of fused-ring (bicyclic) bond motifs is 1. The molecule has 0 atom stereocenters. The van der Waals surface area contributed by atoms with Gasteiger partial charge in [-0.2, -0.15) is 0 Å². The number of rotatable bonds is 7. The fourth-order valence-corrected chi connectivity index (χ4v) is 5.82. The van der Waals surface area contributed by atoms with Crippen molar-refractivity contribution >= 4 is 22.7 Å². The summed E-state index contributed by atoms with van der Waals surface area (Å²) >= 11 is 0. The van der Waals surface area contributed by atoms with Crippen molar-refractivity contribution in [3.63, 3.8) is 0 Å². The normalized spacial score (nSPS) is 14.0. The maximum atomic E-state index is 2.65. The van der Waals surface area contributed by atoms with Crippen molar-refractivity contribution in [1.29, 1.82) is 0 Å². The van der Waals surface area contributed by atoms with Gasteiger partial charge in [-0.05, 0) is 35.4 Å². The van der Waals surface area contributed by atoms with Crippen molar-refractivity contribution in [3.05, 3.63) is 40.7 Å². The van der Waals surface area contributed by atoms with Crippen LogP contribution in [-0.4, -0.2) is 43.9 Å². The van der Waals surface area contributed by atoms with Crippen LogP contribution in [0.15, 0.2) is 29.6 Å². The average molecular weight is 315 g/mol. The first-order chi connectivity index (χ1) is 10.2. The van der Waals surface area contributed by atoms with Crippen LogP contribution in [0.5, 0.6) is 0 Å². The molecule has 1 aromatic carbocycles. The molecule has 0 spiro atoms. The summed E-state index contributed by atoms with van der Waals surface area (Å²) in [5.41, 5.74) is 2.95. The monoisotopic (exact) mass is 315 g/mol. The first kappa shape index (κ1) is 19.4. The van der Waals surface area contributed by atoms with Gasteiger partial charge < -0.3 is 0 Å². The van der Waals surface area contributed by atoms with Crippen LogP contribution in [-0.2, 0) is 6.42 Å². The quantitative estimate of drug-likeness (QED) is 0.536. The molecular weight excluding hydrogens is 286 g/mol. The summed E-state index contributed by atoms with van der Waals surface area (Å²) in [6.07, 6.45) is 4.89. The predicted molar refractivity (Wildman–Crippen MR) is 101 cm³/mol. The summed E-state index contributed by atoms with van der Waals surface area (Å²) in [5.74, 6) is 0. The van der Waals surface area contributed by atoms with Gasteiger partial charge in [-0.15, -0.1) is 0 Å². The molecule has 3 radical (unpaired) electrons. The fraction of sp³-hybridized carbons (Fsp3) is 0.556. The Balaban J connectivity index is 0.00000242. The van der Waals surface area contributed by atoms with Crippen LogP contribution >= 0.6 is 8.22 Å². The van der Waals surface area contributed by atoms with E-state index in [4.69, 9.17) is 0 Å². The summed E-state index contributed by atoms with van der Waals surface area (Å²) in [4.78, 5) is 0. The highest BCUT2D eigenvalue weighted by molar-refractivity contribution is 7.57. The van der Waals surface area contributed by atoms with E-state index in [0.717, 1.165) is 26.2 Å². The molecule has 0 bridgehead atoms. The van der Waals surface area contributed by atoms with Gasteiger partial charge in [-0.1, -0.05) is 52.0 Å². The molecule has 1 aromatic rings. The average Bonchev–Trinajstić information content (AvgIpc) is 2.55. The van der Waals surface area contributed by atoms with Gasteiger partial charge in [0, 0.05) is 34.6 Å². The van der Waals surface area contributed by atoms with E-state index in [1.165, 1.54) is 24.0 Å². The smallest absolute Gasteiger partial charge is 0.0681 e. The maximum absolute atomic E-state index is 2.65. The molecule has 22 heavy (non-hydrogen) atoms. The molecule has 119 valence electrons. The van der Waals surface area contributed by atoms with Gasteiger partial charge in [0.05, 0.1) is 8.22 Å². The lowest BCUT2D eigenvalue weighted by Crippen LogP contribution is -2.30. The second-order valence-electron chi connectivity index (χ2n) is 5.40. The Kier molecular flexibility index (Phi) is 8.39. The summed E-state index contributed by atoms with van der Waals surface area (Å²) in [6.45, 7) is 13.7. The van der Waals surface area contributed by atoms with Gasteiger partial charge in [0.1, 0.15) is 0 Å². The van der Waals surface area contributed by atoms with Crippen molar-refractivity contribution < 1.29 is 0 Å². The van der Waals surface area contributed by atoms with E-state index in [0.29, 0.717) is 0 Å². The molecule has 0 N–H and O–H groups in total. The molecule has 0 amide bonds. The van der Waals surface area contributed by atoms with Gasteiger partial charge in [0.15, 0.2) is 0 Å². The lowest BCUT2D eigenvalue weighted by atomic mass is 9.98. The molecule has 0 unspecified atom stereocenters. The highest BCUT2D eigenvalue weighted by Gasteiger charge is 2.27. The molecule has 0 saturated carbocycles. The zero-order chi connectivity index (χ0) is 15.2. The van der Waals surface area contributed by atoms with Crippen molar-refractivity contribution in [2.45, 2.75) is 40.5 Å². The van der Waals surface area contributed by atoms with E-state index in [2.05, 4.69) is 67.4 Å². The van der Waals surface area contributed by atoms with Crippen LogP contribution in [0.3, 0.4) is 0 Å². The van der Waals surface area contributed by atoms with Gasteiger partial charge in [-0.25, -0.2) is 0 Å². The number of allylic oxidation sites excluding steroid dienone is 1. The number of aryl methyl sites for hydroxylation is 1. The lowest BCUT2D eigenvalue weighted by Gasteiger charge is -2.40. The minimum atomic E-state index is -0.303. The third-order valence-electron chi connectivity index (χ3n) is 4.28. The Hall–Kier alpha value is -0.625. The highest BCUT2D eigenvalue weighted by atomic mass is 31.1. The van der Waals surface area contributed by atoms with E-state index < -0.39 is 0 Å². The molecule has 0 heterocycles. The minimum absolute atomic E-state index is 0. The predicted octanol–water partition coefficient (Wildman–Crippen LogP) is 4.59. The third kappa shape index (κ3) is 4.22. The van der Waals surface area contributed by atoms with Gasteiger partial charge >= 0.3 is 0 Å². The molecule has 2 rings (SSSR count). The number of hydrogen-bond donors (Lipinski definition) is 0. The van der Waals surface area contributed by atoms with Crippen molar-refractivity contribution in [1.82, 2.24) is 9.34 Å². The van der Waals surface area contributed by atoms with Crippen LogP contribution in [0.1, 0.15) is 45.2 Å². The molecule has 2 nitrogen and oxygen atoms in total. The number of nitrogens with zero attached hydrogens (tertiary/aromatic N) is 2. The van der Waals surface area contributed by atoms with Crippen molar-refractivity contribution in [2.75, 3.05) is 26.2 Å². The molecule has 0 fully saturated rings. The van der Waals surface area contributed by atoms with Gasteiger partial charge in [-0.3, -0.25) is 9.34 Å². The van der Waals surface area contributed by atoms with Gasteiger partial charge in [0.2, 0.25) is 0 Å². The summed E-state index contributed by atoms with van der Waals surface area (Å²) in [6, 6.07) is 8.87. The van der Waals surface area contributed by atoms with Crippen LogP contribution in [0.4, 0.5) is 0 Å². The number of benzene rings is 1. The SMILES string of the molecule is CCN(CC)P(C1=Cc2ccccc2CC1)N(CC)CC.[B].